The molecule has 1 fully saturated rings. The van der Waals surface area contributed by atoms with Gasteiger partial charge in [-0.25, -0.2) is 0 Å². The molecule has 1 N–H and O–H groups in total. The maximum atomic E-state index is 11.6. The fraction of sp³-hybridized carbons (Fsp3) is 0.438. The first-order chi connectivity index (χ1) is 17.7. The third-order valence-electron chi connectivity index (χ3n) is 6.67. The molecule has 0 radical (unpaired) electrons. The van der Waals surface area contributed by atoms with Gasteiger partial charge < -0.3 is 5.32 Å². The molecule has 5 heteroatoms. The van der Waals surface area contributed by atoms with Gasteiger partial charge in [-0.15, -0.1) is 0 Å². The molecule has 37 heavy (non-hydrogen) atoms. The molecule has 1 amide bonds. The van der Waals surface area contributed by atoms with Gasteiger partial charge in [-0.2, -0.15) is 5.26 Å². The van der Waals surface area contributed by atoms with Gasteiger partial charge in [0.05, 0.1) is 6.07 Å². The highest BCUT2D eigenvalue weighted by Crippen LogP contribution is 2.51. The highest BCUT2D eigenvalue weighted by molar-refractivity contribution is 6.31. The second kappa shape index (κ2) is 17.1. The second-order valence-electron chi connectivity index (χ2n) is 9.35. The lowest BCUT2D eigenvalue weighted by Crippen LogP contribution is -2.39. The van der Waals surface area contributed by atoms with Crippen LogP contribution < -0.4 is 5.32 Å². The van der Waals surface area contributed by atoms with Gasteiger partial charge >= 0.3 is 0 Å². The molecule has 0 aliphatic heterocycles. The Labute approximate surface area is 234 Å². The lowest BCUT2D eigenvalue weighted by Gasteiger charge is -2.43. The molecule has 3 rings (SSSR count). The normalized spacial score (nSPS) is 21.1. The summed E-state index contributed by atoms with van der Waals surface area (Å²) in [5.74, 6) is 1.52. The van der Waals surface area contributed by atoms with Crippen molar-refractivity contribution in [2.45, 2.75) is 73.1 Å². The van der Waals surface area contributed by atoms with E-state index in [0.29, 0.717) is 24.3 Å². The van der Waals surface area contributed by atoms with Gasteiger partial charge in [0, 0.05) is 29.1 Å². The zero-order valence-corrected chi connectivity index (χ0v) is 24.8. The quantitative estimate of drug-likeness (QED) is 0.303. The Balaban J connectivity index is 0.000000586. The smallest absolute Gasteiger partial charge is 0.216 e. The molecule has 0 bridgehead atoms. The molecule has 1 aliphatic rings. The molecule has 3 nitrogen and oxygen atoms in total. The van der Waals surface area contributed by atoms with Crippen molar-refractivity contribution in [1.82, 2.24) is 5.32 Å². The average molecular weight is 542 g/mol. The zero-order valence-electron chi connectivity index (χ0n) is 23.3. The molecule has 0 aromatic heterocycles. The number of aryl methyl sites for hydroxylation is 1. The molecule has 2 aromatic rings. The van der Waals surface area contributed by atoms with E-state index < -0.39 is 0 Å². The second-order valence-corrected chi connectivity index (χ2v) is 10.2. The minimum absolute atomic E-state index is 0.0209. The molecule has 0 heterocycles. The van der Waals surface area contributed by atoms with Gasteiger partial charge in [-0.05, 0) is 98.2 Å². The topological polar surface area (TPSA) is 52.9 Å². The highest BCUT2D eigenvalue weighted by Gasteiger charge is 2.39. The number of nitrogens with zero attached hydrogens (tertiary/aromatic N) is 1. The van der Waals surface area contributed by atoms with Crippen LogP contribution in [-0.4, -0.2) is 12.5 Å². The van der Waals surface area contributed by atoms with E-state index in [4.69, 9.17) is 28.5 Å². The molecular weight excluding hydrogens is 499 g/mol. The van der Waals surface area contributed by atoms with E-state index in [1.807, 2.05) is 51.1 Å². The summed E-state index contributed by atoms with van der Waals surface area (Å²) in [6.07, 6.45) is 7.73. The fourth-order valence-corrected chi connectivity index (χ4v) is 5.30. The third kappa shape index (κ3) is 10.4. The molecule has 0 saturated heterocycles. The number of benzene rings is 2. The number of carbonyl (C=O) groups excluding carboxylic acids is 1. The Hall–Kier alpha value is -2.54. The van der Waals surface area contributed by atoms with Crippen LogP contribution in [0.4, 0.5) is 0 Å². The van der Waals surface area contributed by atoms with Gasteiger partial charge in [0.15, 0.2) is 0 Å². The molecule has 0 spiro atoms. The van der Waals surface area contributed by atoms with E-state index in [-0.39, 0.29) is 11.8 Å². The molecule has 1 aliphatic carbocycles. The SMILES string of the molecule is C/C=C\C=C(/C)C#N.CC.CC(=O)NCC1C(C)CCC(c2ccc(C)cc2Cl)C1c1ccc(Cl)cc1. The van der Waals surface area contributed by atoms with Gasteiger partial charge in [-0.3, -0.25) is 4.79 Å². The summed E-state index contributed by atoms with van der Waals surface area (Å²) in [6.45, 7) is 14.3. The monoisotopic (exact) mass is 540 g/mol. The standard InChI is InChI=1S/C23H27Cl2NO.C7H9N.C2H6/c1-14-4-10-19(22(25)12-14)20-11-5-15(2)21(13-26-16(3)27)23(20)17-6-8-18(24)9-7-17;1-3-4-5-7(2)6-8;1-2/h4,6-10,12,15,20-21,23H,5,11,13H2,1-3H3,(H,26,27);3-5H,1-2H3;1-2H3/b;4-3-,7-5+;. The van der Waals surface area contributed by atoms with Crippen molar-refractivity contribution in [3.8, 4) is 6.07 Å². The average Bonchev–Trinajstić information content (AvgIpc) is 2.88. The first kappa shape index (κ1) is 32.5. The summed E-state index contributed by atoms with van der Waals surface area (Å²) in [4.78, 5) is 11.6. The molecular formula is C32H42Cl2N2O. The first-order valence-electron chi connectivity index (χ1n) is 13.1. The number of amides is 1. The number of halogens is 2. The van der Waals surface area contributed by atoms with E-state index in [1.165, 1.54) is 16.7 Å². The van der Waals surface area contributed by atoms with Crippen LogP contribution in [0.1, 0.15) is 82.9 Å². The van der Waals surface area contributed by atoms with Crippen molar-refractivity contribution >= 4 is 29.1 Å². The Morgan fingerprint density at radius 1 is 1.11 bits per heavy atom. The van der Waals surface area contributed by atoms with E-state index in [2.05, 4.69) is 49.5 Å². The summed E-state index contributed by atoms with van der Waals surface area (Å²) in [7, 11) is 0. The Kier molecular flexibility index (Phi) is 15.0. The summed E-state index contributed by atoms with van der Waals surface area (Å²) in [5, 5.41) is 12.8. The van der Waals surface area contributed by atoms with Crippen molar-refractivity contribution in [2.75, 3.05) is 6.54 Å². The Morgan fingerprint density at radius 3 is 2.30 bits per heavy atom. The third-order valence-corrected chi connectivity index (χ3v) is 7.25. The van der Waals surface area contributed by atoms with Crippen molar-refractivity contribution in [2.24, 2.45) is 11.8 Å². The van der Waals surface area contributed by atoms with Crippen LogP contribution in [0.3, 0.4) is 0 Å². The minimum atomic E-state index is 0.0209. The van der Waals surface area contributed by atoms with Gasteiger partial charge in [-0.1, -0.05) is 80.4 Å². The van der Waals surface area contributed by atoms with Crippen molar-refractivity contribution in [3.05, 3.63) is 93.0 Å². The predicted octanol–water partition coefficient (Wildman–Crippen LogP) is 9.41. The van der Waals surface area contributed by atoms with Crippen LogP contribution in [0.2, 0.25) is 10.0 Å². The molecule has 2 aromatic carbocycles. The Morgan fingerprint density at radius 2 is 1.76 bits per heavy atom. The zero-order chi connectivity index (χ0) is 28.0. The number of nitriles is 1. The molecule has 200 valence electrons. The number of carbonyl (C=O) groups is 1. The largest absolute Gasteiger partial charge is 0.356 e. The van der Waals surface area contributed by atoms with E-state index in [9.17, 15) is 4.79 Å². The number of allylic oxidation sites excluding steroid dienone is 4. The van der Waals surface area contributed by atoms with Crippen LogP contribution in [0.5, 0.6) is 0 Å². The maximum Gasteiger partial charge on any atom is 0.216 e. The van der Waals surface area contributed by atoms with E-state index in [0.717, 1.165) is 28.5 Å². The minimum Gasteiger partial charge on any atom is -0.356 e. The van der Waals surface area contributed by atoms with Gasteiger partial charge in [0.2, 0.25) is 5.91 Å². The van der Waals surface area contributed by atoms with Crippen molar-refractivity contribution in [1.29, 1.82) is 5.26 Å². The van der Waals surface area contributed by atoms with Crippen LogP contribution >= 0.6 is 23.2 Å². The van der Waals surface area contributed by atoms with Crippen LogP contribution in [-0.2, 0) is 4.79 Å². The van der Waals surface area contributed by atoms with Crippen molar-refractivity contribution < 1.29 is 4.79 Å². The predicted molar refractivity (Wildman–Crippen MR) is 159 cm³/mol. The van der Waals surface area contributed by atoms with Crippen LogP contribution in [0.15, 0.2) is 66.3 Å². The van der Waals surface area contributed by atoms with E-state index >= 15 is 0 Å². The summed E-state index contributed by atoms with van der Waals surface area (Å²) < 4.78 is 0. The van der Waals surface area contributed by atoms with Crippen LogP contribution in [0.25, 0.3) is 0 Å². The lowest BCUT2D eigenvalue weighted by molar-refractivity contribution is -0.119. The fourth-order valence-electron chi connectivity index (χ4n) is 4.80. The maximum absolute atomic E-state index is 11.6. The van der Waals surface area contributed by atoms with Crippen LogP contribution in [0, 0.1) is 30.1 Å². The molecule has 4 unspecified atom stereocenters. The number of rotatable bonds is 5. The number of nitrogens with one attached hydrogen (secondary N) is 1. The van der Waals surface area contributed by atoms with E-state index in [1.54, 1.807) is 19.9 Å². The van der Waals surface area contributed by atoms with Gasteiger partial charge in [0.25, 0.3) is 0 Å². The lowest BCUT2D eigenvalue weighted by atomic mass is 9.62. The highest BCUT2D eigenvalue weighted by atomic mass is 35.5. The Bertz CT molecular complexity index is 1080. The summed E-state index contributed by atoms with van der Waals surface area (Å²) in [5.41, 5.74) is 4.39. The van der Waals surface area contributed by atoms with Crippen molar-refractivity contribution in [3.63, 3.8) is 0 Å². The first-order valence-corrected chi connectivity index (χ1v) is 13.9. The summed E-state index contributed by atoms with van der Waals surface area (Å²) >= 11 is 12.8. The summed E-state index contributed by atoms with van der Waals surface area (Å²) in [6, 6.07) is 16.5. The number of hydrogen-bond donors (Lipinski definition) is 1. The number of hydrogen-bond acceptors (Lipinski definition) is 2. The van der Waals surface area contributed by atoms with Gasteiger partial charge in [0.1, 0.15) is 0 Å². The molecule has 4 atom stereocenters. The molecule has 1 saturated carbocycles.